The Morgan fingerprint density at radius 2 is 1.83 bits per heavy atom. The Hall–Kier alpha value is -0.0800. The molecule has 1 rings (SSSR count). The van der Waals surface area contributed by atoms with Crippen molar-refractivity contribution in [2.75, 3.05) is 13.1 Å². The standard InChI is InChI=1S/C16H34N2/c1-4-5-6-9-15(2,3)14-18-13-12-16(17)10-7-8-11-16/h18H,4-14,17H2,1-3H3. The molecule has 108 valence electrons. The normalized spacial score (nSPS) is 19.3. The third-order valence-corrected chi connectivity index (χ3v) is 4.46. The summed E-state index contributed by atoms with van der Waals surface area (Å²) in [5, 5.41) is 3.62. The number of nitrogens with two attached hydrogens (primary N) is 1. The van der Waals surface area contributed by atoms with Gasteiger partial charge in [-0.25, -0.2) is 0 Å². The van der Waals surface area contributed by atoms with Gasteiger partial charge in [0, 0.05) is 12.1 Å². The Morgan fingerprint density at radius 1 is 1.17 bits per heavy atom. The Balaban J connectivity index is 2.08. The Bertz CT molecular complexity index is 217. The first-order chi connectivity index (χ1) is 8.47. The van der Waals surface area contributed by atoms with Crippen LogP contribution >= 0.6 is 0 Å². The van der Waals surface area contributed by atoms with Gasteiger partial charge in [-0.15, -0.1) is 0 Å². The lowest BCUT2D eigenvalue weighted by atomic mass is 9.86. The molecule has 0 aliphatic heterocycles. The van der Waals surface area contributed by atoms with E-state index in [1.807, 2.05) is 0 Å². The smallest absolute Gasteiger partial charge is 0.0166 e. The quantitative estimate of drug-likeness (QED) is 0.613. The van der Waals surface area contributed by atoms with Crippen molar-refractivity contribution in [3.8, 4) is 0 Å². The van der Waals surface area contributed by atoms with Gasteiger partial charge in [0.05, 0.1) is 0 Å². The predicted octanol–water partition coefficient (Wildman–Crippen LogP) is 3.84. The molecule has 1 saturated carbocycles. The molecule has 0 aromatic carbocycles. The number of hydrogen-bond acceptors (Lipinski definition) is 2. The number of hydrogen-bond donors (Lipinski definition) is 2. The van der Waals surface area contributed by atoms with Crippen LogP contribution in [0.4, 0.5) is 0 Å². The molecule has 0 amide bonds. The summed E-state index contributed by atoms with van der Waals surface area (Å²) in [4.78, 5) is 0. The number of rotatable bonds is 9. The largest absolute Gasteiger partial charge is 0.325 e. The maximum Gasteiger partial charge on any atom is 0.0166 e. The lowest BCUT2D eigenvalue weighted by Crippen LogP contribution is -2.40. The van der Waals surface area contributed by atoms with Crippen molar-refractivity contribution < 1.29 is 0 Å². The monoisotopic (exact) mass is 254 g/mol. The minimum Gasteiger partial charge on any atom is -0.325 e. The van der Waals surface area contributed by atoms with E-state index in [0.29, 0.717) is 5.41 Å². The van der Waals surface area contributed by atoms with Gasteiger partial charge in [0.15, 0.2) is 0 Å². The lowest BCUT2D eigenvalue weighted by molar-refractivity contribution is 0.293. The minimum absolute atomic E-state index is 0.152. The van der Waals surface area contributed by atoms with Crippen molar-refractivity contribution in [1.82, 2.24) is 5.32 Å². The van der Waals surface area contributed by atoms with E-state index in [0.717, 1.165) is 19.5 Å². The number of nitrogens with one attached hydrogen (secondary N) is 1. The van der Waals surface area contributed by atoms with Crippen LogP contribution in [0.25, 0.3) is 0 Å². The molecule has 0 aromatic heterocycles. The van der Waals surface area contributed by atoms with Gasteiger partial charge < -0.3 is 11.1 Å². The van der Waals surface area contributed by atoms with Crippen LogP contribution in [0.2, 0.25) is 0 Å². The Morgan fingerprint density at radius 3 is 2.44 bits per heavy atom. The SMILES string of the molecule is CCCCCC(C)(C)CNCCC1(N)CCCC1. The highest BCUT2D eigenvalue weighted by molar-refractivity contribution is 4.89. The molecule has 1 aliphatic rings. The van der Waals surface area contributed by atoms with Crippen molar-refractivity contribution in [2.45, 2.75) is 84.1 Å². The third kappa shape index (κ3) is 6.19. The van der Waals surface area contributed by atoms with Gasteiger partial charge in [0.1, 0.15) is 0 Å². The molecule has 0 bridgehead atoms. The average Bonchev–Trinajstić information content (AvgIpc) is 2.73. The zero-order valence-electron chi connectivity index (χ0n) is 12.9. The van der Waals surface area contributed by atoms with Crippen LogP contribution in [-0.4, -0.2) is 18.6 Å². The second-order valence-electron chi connectivity index (χ2n) is 7.12. The van der Waals surface area contributed by atoms with E-state index in [2.05, 4.69) is 26.1 Å². The summed E-state index contributed by atoms with van der Waals surface area (Å²) in [7, 11) is 0. The van der Waals surface area contributed by atoms with Gasteiger partial charge in [-0.1, -0.05) is 52.9 Å². The van der Waals surface area contributed by atoms with Gasteiger partial charge in [-0.05, 0) is 37.6 Å². The molecule has 2 heteroatoms. The molecule has 0 aromatic rings. The van der Waals surface area contributed by atoms with Crippen LogP contribution in [0.1, 0.15) is 78.6 Å². The molecule has 0 spiro atoms. The molecule has 0 heterocycles. The van der Waals surface area contributed by atoms with E-state index in [4.69, 9.17) is 5.73 Å². The van der Waals surface area contributed by atoms with E-state index in [9.17, 15) is 0 Å². The summed E-state index contributed by atoms with van der Waals surface area (Å²) in [5.41, 5.74) is 6.96. The van der Waals surface area contributed by atoms with Gasteiger partial charge in [-0.3, -0.25) is 0 Å². The third-order valence-electron chi connectivity index (χ3n) is 4.46. The molecule has 3 N–H and O–H groups in total. The lowest BCUT2D eigenvalue weighted by Gasteiger charge is -2.27. The summed E-state index contributed by atoms with van der Waals surface area (Å²) in [6, 6.07) is 0. The van der Waals surface area contributed by atoms with Crippen LogP contribution in [0.3, 0.4) is 0 Å². The first-order valence-corrected chi connectivity index (χ1v) is 7.97. The predicted molar refractivity (Wildman–Crippen MR) is 80.8 cm³/mol. The highest BCUT2D eigenvalue weighted by Gasteiger charge is 2.28. The average molecular weight is 254 g/mol. The van der Waals surface area contributed by atoms with E-state index in [1.165, 1.54) is 51.4 Å². The second kappa shape index (κ2) is 7.49. The van der Waals surface area contributed by atoms with Crippen molar-refractivity contribution in [3.05, 3.63) is 0 Å². The molecule has 0 atom stereocenters. The zero-order valence-corrected chi connectivity index (χ0v) is 12.9. The van der Waals surface area contributed by atoms with Crippen molar-refractivity contribution in [3.63, 3.8) is 0 Å². The highest BCUT2D eigenvalue weighted by Crippen LogP contribution is 2.29. The molecular weight excluding hydrogens is 220 g/mol. The Kier molecular flexibility index (Phi) is 6.65. The minimum atomic E-state index is 0.152. The van der Waals surface area contributed by atoms with Gasteiger partial charge in [0.25, 0.3) is 0 Å². The van der Waals surface area contributed by atoms with E-state index in [1.54, 1.807) is 0 Å². The van der Waals surface area contributed by atoms with Crippen LogP contribution < -0.4 is 11.1 Å². The molecule has 1 aliphatic carbocycles. The molecule has 0 unspecified atom stereocenters. The van der Waals surface area contributed by atoms with E-state index >= 15 is 0 Å². The van der Waals surface area contributed by atoms with E-state index < -0.39 is 0 Å². The molecule has 2 nitrogen and oxygen atoms in total. The molecule has 0 saturated heterocycles. The molecule has 0 radical (unpaired) electrons. The maximum absolute atomic E-state index is 6.37. The summed E-state index contributed by atoms with van der Waals surface area (Å²) in [6.07, 6.45) is 11.7. The molecular formula is C16H34N2. The topological polar surface area (TPSA) is 38.0 Å². The first-order valence-electron chi connectivity index (χ1n) is 7.97. The van der Waals surface area contributed by atoms with Gasteiger partial charge in [0.2, 0.25) is 0 Å². The summed E-state index contributed by atoms with van der Waals surface area (Å²) >= 11 is 0. The molecule has 1 fully saturated rings. The fraction of sp³-hybridized carbons (Fsp3) is 1.00. The highest BCUT2D eigenvalue weighted by atomic mass is 14.9. The van der Waals surface area contributed by atoms with Crippen molar-refractivity contribution in [1.29, 1.82) is 0 Å². The van der Waals surface area contributed by atoms with Crippen LogP contribution in [0.15, 0.2) is 0 Å². The van der Waals surface area contributed by atoms with Crippen molar-refractivity contribution in [2.24, 2.45) is 11.1 Å². The summed E-state index contributed by atoms with van der Waals surface area (Å²) in [6.45, 7) is 9.25. The van der Waals surface area contributed by atoms with Crippen LogP contribution in [0, 0.1) is 5.41 Å². The fourth-order valence-corrected chi connectivity index (χ4v) is 3.04. The van der Waals surface area contributed by atoms with Crippen LogP contribution in [-0.2, 0) is 0 Å². The van der Waals surface area contributed by atoms with Crippen molar-refractivity contribution >= 4 is 0 Å². The second-order valence-corrected chi connectivity index (χ2v) is 7.12. The van der Waals surface area contributed by atoms with Gasteiger partial charge in [-0.2, -0.15) is 0 Å². The van der Waals surface area contributed by atoms with Gasteiger partial charge >= 0.3 is 0 Å². The number of unbranched alkanes of at least 4 members (excludes halogenated alkanes) is 2. The Labute approximate surface area is 114 Å². The fourth-order valence-electron chi connectivity index (χ4n) is 3.04. The summed E-state index contributed by atoms with van der Waals surface area (Å²) in [5.74, 6) is 0. The maximum atomic E-state index is 6.37. The first kappa shape index (κ1) is 16.0. The van der Waals surface area contributed by atoms with E-state index in [-0.39, 0.29) is 5.54 Å². The summed E-state index contributed by atoms with van der Waals surface area (Å²) < 4.78 is 0. The van der Waals surface area contributed by atoms with Crippen LogP contribution in [0.5, 0.6) is 0 Å². The molecule has 18 heavy (non-hydrogen) atoms. The zero-order chi connectivity index (χ0) is 13.5.